The lowest BCUT2D eigenvalue weighted by molar-refractivity contribution is -0.135. The van der Waals surface area contributed by atoms with Gasteiger partial charge in [-0.1, -0.05) is 41.5 Å². The van der Waals surface area contributed by atoms with Crippen molar-refractivity contribution < 1.29 is 4.79 Å². The van der Waals surface area contributed by atoms with Crippen LogP contribution in [0.4, 0.5) is 0 Å². The van der Waals surface area contributed by atoms with E-state index in [-0.39, 0.29) is 5.41 Å². The minimum absolute atomic E-state index is 0.0969. The Morgan fingerprint density at radius 2 is 1.39 bits per heavy atom. The third-order valence-corrected chi connectivity index (χ3v) is 3.10. The molecule has 0 N–H and O–H groups in total. The molecule has 1 heterocycles. The van der Waals surface area contributed by atoms with E-state index in [1.807, 2.05) is 4.90 Å². The molecule has 0 aromatic heterocycles. The second-order valence-corrected chi connectivity index (χ2v) is 7.96. The van der Waals surface area contributed by atoms with Gasteiger partial charge >= 0.3 is 0 Å². The first-order valence-electron chi connectivity index (χ1n) is 7.07. The molecule has 1 fully saturated rings. The molecule has 1 amide bonds. The number of carbonyl (C=O) groups is 1. The quantitative estimate of drug-likeness (QED) is 0.756. The highest BCUT2D eigenvalue weighted by atomic mass is 16.2. The van der Waals surface area contributed by atoms with E-state index in [4.69, 9.17) is 0 Å². The van der Waals surface area contributed by atoms with Gasteiger partial charge in [0.05, 0.1) is 0 Å². The van der Waals surface area contributed by atoms with E-state index >= 15 is 0 Å². The number of amides is 1. The van der Waals surface area contributed by atoms with Gasteiger partial charge in [-0.3, -0.25) is 9.69 Å². The zero-order valence-corrected chi connectivity index (χ0v) is 13.0. The lowest BCUT2D eigenvalue weighted by atomic mass is 9.91. The average Bonchev–Trinajstić information content (AvgIpc) is 2.13. The van der Waals surface area contributed by atoms with Crippen molar-refractivity contribution in [3.05, 3.63) is 0 Å². The molecule has 1 saturated heterocycles. The third kappa shape index (κ3) is 5.85. The number of hydrogen-bond donors (Lipinski definition) is 0. The van der Waals surface area contributed by atoms with Gasteiger partial charge in [-0.15, -0.1) is 0 Å². The van der Waals surface area contributed by atoms with Crippen molar-refractivity contribution in [1.29, 1.82) is 0 Å². The van der Waals surface area contributed by atoms with E-state index in [2.05, 4.69) is 46.4 Å². The average molecular weight is 254 g/mol. The summed E-state index contributed by atoms with van der Waals surface area (Å²) in [5.41, 5.74) is 0.442. The van der Waals surface area contributed by atoms with Gasteiger partial charge in [0, 0.05) is 39.1 Å². The first-order valence-corrected chi connectivity index (χ1v) is 7.07. The topological polar surface area (TPSA) is 23.6 Å². The predicted octanol–water partition coefficient (Wildman–Crippen LogP) is 2.61. The van der Waals surface area contributed by atoms with E-state index in [1.54, 1.807) is 0 Å². The Labute approximate surface area is 113 Å². The summed E-state index contributed by atoms with van der Waals surface area (Å²) >= 11 is 0. The third-order valence-electron chi connectivity index (χ3n) is 3.10. The highest BCUT2D eigenvalue weighted by Gasteiger charge is 2.26. The molecule has 0 spiro atoms. The number of nitrogens with zero attached hydrogens (tertiary/aromatic N) is 2. The highest BCUT2D eigenvalue weighted by Crippen LogP contribution is 2.21. The largest absolute Gasteiger partial charge is 0.340 e. The van der Waals surface area contributed by atoms with Crippen LogP contribution in [-0.4, -0.2) is 48.4 Å². The Hall–Kier alpha value is -0.570. The fraction of sp³-hybridized carbons (Fsp3) is 0.933. The van der Waals surface area contributed by atoms with Gasteiger partial charge in [0.1, 0.15) is 0 Å². The number of carbonyl (C=O) groups excluding carboxylic acids is 1. The zero-order valence-electron chi connectivity index (χ0n) is 13.0. The van der Waals surface area contributed by atoms with Crippen molar-refractivity contribution in [3.8, 4) is 0 Å². The Morgan fingerprint density at radius 1 is 0.889 bits per heavy atom. The smallest absolute Gasteiger partial charge is 0.223 e. The van der Waals surface area contributed by atoms with E-state index in [9.17, 15) is 4.79 Å². The van der Waals surface area contributed by atoms with Gasteiger partial charge in [-0.25, -0.2) is 0 Å². The Balaban J connectivity index is 2.37. The van der Waals surface area contributed by atoms with Gasteiger partial charge in [0.25, 0.3) is 0 Å². The molecule has 106 valence electrons. The van der Waals surface area contributed by atoms with Crippen LogP contribution in [0.5, 0.6) is 0 Å². The number of hydrogen-bond acceptors (Lipinski definition) is 2. The molecular formula is C15H30N2O. The summed E-state index contributed by atoms with van der Waals surface area (Å²) < 4.78 is 0. The molecule has 0 saturated carbocycles. The molecular weight excluding hydrogens is 224 g/mol. The van der Waals surface area contributed by atoms with Crippen molar-refractivity contribution in [3.63, 3.8) is 0 Å². The normalized spacial score (nSPS) is 19.1. The van der Waals surface area contributed by atoms with Crippen LogP contribution in [-0.2, 0) is 4.79 Å². The molecule has 1 rings (SSSR count). The Morgan fingerprint density at radius 3 is 1.78 bits per heavy atom. The maximum Gasteiger partial charge on any atom is 0.223 e. The minimum Gasteiger partial charge on any atom is -0.340 e. The fourth-order valence-corrected chi connectivity index (χ4v) is 2.39. The van der Waals surface area contributed by atoms with Gasteiger partial charge < -0.3 is 4.90 Å². The van der Waals surface area contributed by atoms with Crippen molar-refractivity contribution in [2.75, 3.05) is 32.7 Å². The van der Waals surface area contributed by atoms with Gasteiger partial charge in [0.2, 0.25) is 5.91 Å². The van der Waals surface area contributed by atoms with E-state index in [1.165, 1.54) is 0 Å². The molecule has 1 aliphatic rings. The monoisotopic (exact) mass is 254 g/mol. The molecule has 0 bridgehead atoms. The second kappa shape index (κ2) is 5.60. The zero-order chi connectivity index (χ0) is 14.0. The summed E-state index contributed by atoms with van der Waals surface area (Å²) in [5, 5.41) is 0. The molecule has 0 aliphatic carbocycles. The minimum atomic E-state index is 0.0969. The van der Waals surface area contributed by atoms with Crippen LogP contribution < -0.4 is 0 Å². The Kier molecular flexibility index (Phi) is 4.82. The first kappa shape index (κ1) is 15.5. The maximum atomic E-state index is 12.1. The number of rotatable bonds is 2. The maximum absolute atomic E-state index is 12.1. The molecule has 0 aromatic carbocycles. The van der Waals surface area contributed by atoms with Crippen LogP contribution in [0.2, 0.25) is 0 Å². The molecule has 0 unspecified atom stereocenters. The summed E-state index contributed by atoms with van der Waals surface area (Å²) in [6.45, 7) is 18.1. The SMILES string of the molecule is CC(C)(C)CC(=O)N1CCN(CC(C)(C)C)CC1. The lowest BCUT2D eigenvalue weighted by Gasteiger charge is -2.38. The molecule has 18 heavy (non-hydrogen) atoms. The molecule has 0 atom stereocenters. The van der Waals surface area contributed by atoms with Gasteiger partial charge in [-0.2, -0.15) is 0 Å². The van der Waals surface area contributed by atoms with Crippen LogP contribution in [0, 0.1) is 10.8 Å². The molecule has 3 nitrogen and oxygen atoms in total. The highest BCUT2D eigenvalue weighted by molar-refractivity contribution is 5.76. The summed E-state index contributed by atoms with van der Waals surface area (Å²) in [7, 11) is 0. The summed E-state index contributed by atoms with van der Waals surface area (Å²) in [6, 6.07) is 0. The van der Waals surface area contributed by atoms with Crippen molar-refractivity contribution >= 4 is 5.91 Å². The van der Waals surface area contributed by atoms with Gasteiger partial charge in [0.15, 0.2) is 0 Å². The molecule has 1 aliphatic heterocycles. The summed E-state index contributed by atoms with van der Waals surface area (Å²) in [5.74, 6) is 0.318. The van der Waals surface area contributed by atoms with Crippen LogP contribution in [0.15, 0.2) is 0 Å². The van der Waals surface area contributed by atoms with Crippen molar-refractivity contribution in [1.82, 2.24) is 9.80 Å². The standard InChI is InChI=1S/C15H30N2O/c1-14(2,3)11-13(18)17-9-7-16(8-10-17)12-15(4,5)6/h7-12H2,1-6H3. The molecule has 0 radical (unpaired) electrons. The van der Waals surface area contributed by atoms with Gasteiger partial charge in [-0.05, 0) is 10.8 Å². The lowest BCUT2D eigenvalue weighted by Crippen LogP contribution is -2.50. The predicted molar refractivity (Wildman–Crippen MR) is 76.5 cm³/mol. The fourth-order valence-electron chi connectivity index (χ4n) is 2.39. The number of piperazine rings is 1. The molecule has 0 aromatic rings. The van der Waals surface area contributed by atoms with Crippen molar-refractivity contribution in [2.24, 2.45) is 10.8 Å². The Bertz CT molecular complexity index is 278. The van der Waals surface area contributed by atoms with Crippen LogP contribution in [0.1, 0.15) is 48.0 Å². The van der Waals surface area contributed by atoms with Crippen molar-refractivity contribution in [2.45, 2.75) is 48.0 Å². The van der Waals surface area contributed by atoms with E-state index < -0.39 is 0 Å². The first-order chi connectivity index (χ1) is 8.07. The molecule has 3 heteroatoms. The van der Waals surface area contributed by atoms with Crippen LogP contribution in [0.3, 0.4) is 0 Å². The summed E-state index contributed by atoms with van der Waals surface area (Å²) in [6.07, 6.45) is 0.659. The summed E-state index contributed by atoms with van der Waals surface area (Å²) in [4.78, 5) is 16.6. The van der Waals surface area contributed by atoms with Crippen LogP contribution in [0.25, 0.3) is 0 Å². The van der Waals surface area contributed by atoms with E-state index in [0.717, 1.165) is 32.7 Å². The second-order valence-electron chi connectivity index (χ2n) is 7.96. The van der Waals surface area contributed by atoms with E-state index in [0.29, 0.717) is 17.7 Å². The van der Waals surface area contributed by atoms with Crippen LogP contribution >= 0.6 is 0 Å².